The van der Waals surface area contributed by atoms with Gasteiger partial charge in [0.25, 0.3) is 0 Å². The van der Waals surface area contributed by atoms with E-state index in [2.05, 4.69) is 30.1 Å². The van der Waals surface area contributed by atoms with E-state index in [9.17, 15) is 5.26 Å². The van der Waals surface area contributed by atoms with Crippen molar-refractivity contribution in [3.05, 3.63) is 96.1 Å². The molecule has 2 N–H and O–H groups in total. The number of anilines is 1. The fourth-order valence-corrected chi connectivity index (χ4v) is 3.30. The Morgan fingerprint density at radius 3 is 2.13 bits per heavy atom. The molecular weight excluding hydrogens is 370 g/mol. The lowest BCUT2D eigenvalue weighted by molar-refractivity contribution is 0.483. The molecule has 0 amide bonds. The van der Waals surface area contributed by atoms with Crippen LogP contribution in [0.1, 0.15) is 18.1 Å². The highest BCUT2D eigenvalue weighted by molar-refractivity contribution is 5.80. The minimum Gasteiger partial charge on any atom is -0.457 e. The molecule has 3 aromatic carbocycles. The van der Waals surface area contributed by atoms with Gasteiger partial charge in [-0.25, -0.2) is 4.98 Å². The van der Waals surface area contributed by atoms with Gasteiger partial charge in [0.2, 0.25) is 0 Å². The average molecular weight is 391 g/mol. The Kier molecular flexibility index (Phi) is 5.45. The van der Waals surface area contributed by atoms with Crippen molar-refractivity contribution in [3.8, 4) is 40.0 Å². The second-order valence-corrected chi connectivity index (χ2v) is 6.92. The Morgan fingerprint density at radius 1 is 0.867 bits per heavy atom. The van der Waals surface area contributed by atoms with Crippen molar-refractivity contribution in [1.82, 2.24) is 4.98 Å². The summed E-state index contributed by atoms with van der Waals surface area (Å²) < 4.78 is 5.86. The summed E-state index contributed by atoms with van der Waals surface area (Å²) in [5.41, 5.74) is 11.1. The van der Waals surface area contributed by atoms with Crippen LogP contribution >= 0.6 is 0 Å². The smallest absolute Gasteiger partial charge is 0.142 e. The second-order valence-electron chi connectivity index (χ2n) is 6.92. The van der Waals surface area contributed by atoms with Gasteiger partial charge in [-0.3, -0.25) is 0 Å². The number of nitrogens with two attached hydrogens (primary N) is 1. The second kappa shape index (κ2) is 8.50. The summed E-state index contributed by atoms with van der Waals surface area (Å²) in [6, 6.07) is 29.6. The summed E-state index contributed by atoms with van der Waals surface area (Å²) in [6.07, 6.45) is 0.965. The Balaban J connectivity index is 1.69. The third kappa shape index (κ3) is 4.01. The number of ether oxygens (including phenoxy) is 1. The molecule has 0 atom stereocenters. The van der Waals surface area contributed by atoms with E-state index in [-0.39, 0.29) is 5.82 Å². The van der Waals surface area contributed by atoms with Gasteiger partial charge in [0.1, 0.15) is 28.9 Å². The predicted molar refractivity (Wildman–Crippen MR) is 120 cm³/mol. The minimum atomic E-state index is 0.231. The van der Waals surface area contributed by atoms with E-state index >= 15 is 0 Å². The highest BCUT2D eigenvalue weighted by Gasteiger charge is 2.13. The molecule has 1 heterocycles. The molecule has 0 bridgehead atoms. The Morgan fingerprint density at radius 2 is 1.50 bits per heavy atom. The molecule has 0 fully saturated rings. The van der Waals surface area contributed by atoms with Crippen molar-refractivity contribution in [1.29, 1.82) is 5.26 Å². The first-order valence-corrected chi connectivity index (χ1v) is 9.81. The number of nitrogen functional groups attached to an aromatic ring is 1. The molecule has 4 heteroatoms. The zero-order chi connectivity index (χ0) is 20.9. The summed E-state index contributed by atoms with van der Waals surface area (Å²) in [5, 5.41) is 9.61. The maximum Gasteiger partial charge on any atom is 0.142 e. The van der Waals surface area contributed by atoms with Crippen molar-refractivity contribution in [2.75, 3.05) is 5.73 Å². The number of aryl methyl sites for hydroxylation is 1. The summed E-state index contributed by atoms with van der Waals surface area (Å²) >= 11 is 0. The molecule has 0 spiro atoms. The lowest BCUT2D eigenvalue weighted by atomic mass is 9.97. The van der Waals surface area contributed by atoms with Crippen LogP contribution in [-0.2, 0) is 6.42 Å². The topological polar surface area (TPSA) is 71.9 Å². The molecule has 4 aromatic rings. The third-order valence-electron chi connectivity index (χ3n) is 4.96. The molecule has 4 rings (SSSR count). The molecule has 1 aromatic heterocycles. The van der Waals surface area contributed by atoms with Crippen LogP contribution in [0.3, 0.4) is 0 Å². The monoisotopic (exact) mass is 391 g/mol. The molecule has 0 aliphatic rings. The summed E-state index contributed by atoms with van der Waals surface area (Å²) in [5.74, 6) is 1.75. The van der Waals surface area contributed by atoms with Crippen molar-refractivity contribution in [2.24, 2.45) is 0 Å². The normalized spacial score (nSPS) is 10.4. The molecule has 0 radical (unpaired) electrons. The first-order valence-electron chi connectivity index (χ1n) is 9.81. The van der Waals surface area contributed by atoms with Crippen LogP contribution in [0.15, 0.2) is 84.9 Å². The number of nitriles is 1. The van der Waals surface area contributed by atoms with E-state index in [1.54, 1.807) is 0 Å². The molecule has 4 nitrogen and oxygen atoms in total. The van der Waals surface area contributed by atoms with Crippen LogP contribution < -0.4 is 10.5 Å². The highest BCUT2D eigenvalue weighted by Crippen LogP contribution is 2.32. The van der Waals surface area contributed by atoms with Crippen molar-refractivity contribution in [3.63, 3.8) is 0 Å². The first-order chi connectivity index (χ1) is 14.7. The number of pyridine rings is 1. The number of aromatic nitrogens is 1. The van der Waals surface area contributed by atoms with Gasteiger partial charge in [0.15, 0.2) is 0 Å². The van der Waals surface area contributed by atoms with E-state index in [1.807, 2.05) is 72.8 Å². The molecule has 0 aliphatic carbocycles. The largest absolute Gasteiger partial charge is 0.457 e. The molecule has 0 unspecified atom stereocenters. The predicted octanol–water partition coefficient (Wildman–Crippen LogP) is 6.22. The molecule has 146 valence electrons. The fourth-order valence-electron chi connectivity index (χ4n) is 3.30. The van der Waals surface area contributed by atoms with E-state index < -0.39 is 0 Å². The number of benzene rings is 3. The van der Waals surface area contributed by atoms with Crippen LogP contribution in [-0.4, -0.2) is 4.98 Å². The molecular formula is C26H21N3O. The van der Waals surface area contributed by atoms with Gasteiger partial charge < -0.3 is 10.5 Å². The van der Waals surface area contributed by atoms with Gasteiger partial charge in [0.05, 0.1) is 5.69 Å². The zero-order valence-electron chi connectivity index (χ0n) is 16.7. The lowest BCUT2D eigenvalue weighted by Crippen LogP contribution is -2.00. The molecule has 0 saturated carbocycles. The SMILES string of the molecule is CCc1ccc(-c2cc(-c3ccc(Oc4ccccc4)cc3)nc(N)c2C#N)cc1. The quantitative estimate of drug-likeness (QED) is 0.438. The van der Waals surface area contributed by atoms with Gasteiger partial charge in [-0.1, -0.05) is 49.4 Å². The highest BCUT2D eigenvalue weighted by atomic mass is 16.5. The summed E-state index contributed by atoms with van der Waals surface area (Å²) in [6.45, 7) is 2.11. The number of rotatable bonds is 5. The van der Waals surface area contributed by atoms with Crippen LogP contribution in [0, 0.1) is 11.3 Å². The maximum absolute atomic E-state index is 9.61. The van der Waals surface area contributed by atoms with Crippen molar-refractivity contribution < 1.29 is 4.74 Å². The van der Waals surface area contributed by atoms with Gasteiger partial charge in [0, 0.05) is 11.1 Å². The first kappa shape index (κ1) is 19.2. The number of hydrogen-bond donors (Lipinski definition) is 1. The van der Waals surface area contributed by atoms with Crippen LogP contribution in [0.4, 0.5) is 5.82 Å². The van der Waals surface area contributed by atoms with Gasteiger partial charge >= 0.3 is 0 Å². The van der Waals surface area contributed by atoms with Crippen molar-refractivity contribution in [2.45, 2.75) is 13.3 Å². The van der Waals surface area contributed by atoms with E-state index in [0.29, 0.717) is 11.3 Å². The minimum absolute atomic E-state index is 0.231. The Hall–Kier alpha value is -4.10. The Bertz CT molecular complexity index is 1190. The number of nitrogens with zero attached hydrogens (tertiary/aromatic N) is 2. The van der Waals surface area contributed by atoms with E-state index in [4.69, 9.17) is 10.5 Å². The lowest BCUT2D eigenvalue weighted by Gasteiger charge is -2.11. The number of hydrogen-bond acceptors (Lipinski definition) is 4. The zero-order valence-corrected chi connectivity index (χ0v) is 16.7. The van der Waals surface area contributed by atoms with Gasteiger partial charge in [-0.2, -0.15) is 5.26 Å². The summed E-state index contributed by atoms with van der Waals surface area (Å²) in [7, 11) is 0. The van der Waals surface area contributed by atoms with Gasteiger partial charge in [-0.15, -0.1) is 0 Å². The van der Waals surface area contributed by atoms with Gasteiger partial charge in [-0.05, 0) is 60.0 Å². The average Bonchev–Trinajstić information content (AvgIpc) is 2.80. The van der Waals surface area contributed by atoms with E-state index in [1.165, 1.54) is 5.56 Å². The summed E-state index contributed by atoms with van der Waals surface area (Å²) in [4.78, 5) is 4.46. The van der Waals surface area contributed by atoms with Crippen LogP contribution in [0.5, 0.6) is 11.5 Å². The van der Waals surface area contributed by atoms with Crippen LogP contribution in [0.2, 0.25) is 0 Å². The molecule has 30 heavy (non-hydrogen) atoms. The molecule has 0 saturated heterocycles. The van der Waals surface area contributed by atoms with E-state index in [0.717, 1.165) is 34.6 Å². The third-order valence-corrected chi connectivity index (χ3v) is 4.96. The standard InChI is InChI=1S/C26H21N3O/c1-2-18-8-10-19(11-9-18)23-16-25(29-26(28)24(23)17-27)20-12-14-22(15-13-20)30-21-6-4-3-5-7-21/h3-16H,2H2,1H3,(H2,28,29). The molecule has 0 aliphatic heterocycles. The number of para-hydroxylation sites is 1. The van der Waals surface area contributed by atoms with Crippen LogP contribution in [0.25, 0.3) is 22.4 Å². The Labute approximate surface area is 176 Å². The fraction of sp³-hybridized carbons (Fsp3) is 0.0769. The van der Waals surface area contributed by atoms with Crippen molar-refractivity contribution >= 4 is 5.82 Å². The maximum atomic E-state index is 9.61.